The third-order valence-electron chi connectivity index (χ3n) is 10.3. The Labute approximate surface area is 272 Å². The first-order valence-electron chi connectivity index (χ1n) is 15.9. The van der Waals surface area contributed by atoms with E-state index < -0.39 is 0 Å². The number of imidazole rings is 1. The van der Waals surface area contributed by atoms with Crippen molar-refractivity contribution in [3.8, 4) is 17.3 Å². The van der Waals surface area contributed by atoms with Crippen LogP contribution in [0.1, 0.15) is 25.0 Å². The van der Waals surface area contributed by atoms with E-state index in [1.165, 1.54) is 63.9 Å². The number of para-hydroxylation sites is 1. The molecule has 5 nitrogen and oxygen atoms in total. The van der Waals surface area contributed by atoms with Crippen LogP contribution in [0.4, 0.5) is 0 Å². The zero-order valence-electron chi connectivity index (χ0n) is 25.7. The maximum atomic E-state index is 6.65. The molecule has 0 spiro atoms. The normalized spacial score (nSPS) is 13.9. The molecule has 0 unspecified atom stereocenters. The Morgan fingerprint density at radius 2 is 1.40 bits per heavy atom. The molecule has 0 saturated heterocycles. The summed E-state index contributed by atoms with van der Waals surface area (Å²) in [6, 6.07) is 36.9. The number of aromatic nitrogens is 4. The van der Waals surface area contributed by atoms with Crippen molar-refractivity contribution in [2.45, 2.75) is 19.3 Å². The smallest absolute Gasteiger partial charge is 0.145 e. The Morgan fingerprint density at radius 3 is 2.34 bits per heavy atom. The molecule has 0 radical (unpaired) electrons. The molecule has 222 valence electrons. The lowest BCUT2D eigenvalue weighted by molar-refractivity contribution is 0.484. The van der Waals surface area contributed by atoms with Crippen molar-refractivity contribution >= 4 is 80.6 Å². The molecule has 0 amide bonds. The van der Waals surface area contributed by atoms with Gasteiger partial charge in [0.1, 0.15) is 23.0 Å². The second-order valence-electron chi connectivity index (χ2n) is 13.1. The van der Waals surface area contributed by atoms with Gasteiger partial charge >= 0.3 is 0 Å². The summed E-state index contributed by atoms with van der Waals surface area (Å²) in [6.07, 6.45) is 5.87. The molecule has 6 heteroatoms. The molecule has 10 aromatic rings. The van der Waals surface area contributed by atoms with Gasteiger partial charge in [0.05, 0.1) is 16.6 Å². The second-order valence-corrected chi connectivity index (χ2v) is 14.2. The second kappa shape index (κ2) is 8.75. The molecule has 1 aliphatic heterocycles. The van der Waals surface area contributed by atoms with Crippen LogP contribution in [0.15, 0.2) is 122 Å². The maximum absolute atomic E-state index is 6.65. The number of hydrogen-bond donors (Lipinski definition) is 0. The Hall–Kier alpha value is -5.72. The van der Waals surface area contributed by atoms with E-state index in [1.54, 1.807) is 0 Å². The molecule has 1 aliphatic rings. The number of thiophene rings is 1. The average molecular weight is 623 g/mol. The van der Waals surface area contributed by atoms with E-state index >= 15 is 0 Å². The van der Waals surface area contributed by atoms with Gasteiger partial charge < -0.3 is 4.74 Å². The fourth-order valence-corrected chi connectivity index (χ4v) is 9.24. The van der Waals surface area contributed by atoms with Crippen LogP contribution < -0.4 is 4.74 Å². The van der Waals surface area contributed by atoms with Crippen LogP contribution in [0.2, 0.25) is 0 Å². The topological polar surface area (TPSA) is 44.3 Å². The van der Waals surface area contributed by atoms with Gasteiger partial charge in [0.15, 0.2) is 0 Å². The van der Waals surface area contributed by atoms with Gasteiger partial charge in [0, 0.05) is 77.4 Å². The minimum atomic E-state index is -0.150. The fourth-order valence-electron chi connectivity index (χ4n) is 8.13. The van der Waals surface area contributed by atoms with Crippen molar-refractivity contribution in [2.24, 2.45) is 0 Å². The summed E-state index contributed by atoms with van der Waals surface area (Å²) in [7, 11) is 0. The molecule has 0 atom stereocenters. The number of benzene rings is 5. The van der Waals surface area contributed by atoms with Crippen LogP contribution in [-0.4, -0.2) is 18.9 Å². The quantitative estimate of drug-likeness (QED) is 0.180. The van der Waals surface area contributed by atoms with E-state index in [4.69, 9.17) is 14.7 Å². The Balaban J connectivity index is 1.11. The van der Waals surface area contributed by atoms with Crippen LogP contribution in [0.3, 0.4) is 0 Å². The summed E-state index contributed by atoms with van der Waals surface area (Å²) in [5, 5.41) is 8.44. The molecule has 47 heavy (non-hydrogen) atoms. The van der Waals surface area contributed by atoms with Crippen LogP contribution in [0, 0.1) is 0 Å². The lowest BCUT2D eigenvalue weighted by Crippen LogP contribution is -2.26. The van der Waals surface area contributed by atoms with Gasteiger partial charge in [-0.25, -0.2) is 9.97 Å². The lowest BCUT2D eigenvalue weighted by Gasteiger charge is -2.33. The van der Waals surface area contributed by atoms with E-state index in [2.05, 4.69) is 126 Å². The molecular formula is C41H26N4OS. The Bertz CT molecular complexity index is 2980. The monoisotopic (exact) mass is 622 g/mol. The van der Waals surface area contributed by atoms with Crippen molar-refractivity contribution in [2.75, 3.05) is 0 Å². The van der Waals surface area contributed by atoms with Gasteiger partial charge in [-0.2, -0.15) is 0 Å². The average Bonchev–Trinajstić information content (AvgIpc) is 3.82. The summed E-state index contributed by atoms with van der Waals surface area (Å²) in [4.78, 5) is 9.76. The highest BCUT2D eigenvalue weighted by atomic mass is 32.1. The van der Waals surface area contributed by atoms with Crippen LogP contribution in [0.5, 0.6) is 11.5 Å². The van der Waals surface area contributed by atoms with Gasteiger partial charge in [-0.15, -0.1) is 11.3 Å². The van der Waals surface area contributed by atoms with E-state index in [1.807, 2.05) is 29.8 Å². The highest BCUT2D eigenvalue weighted by Crippen LogP contribution is 2.47. The van der Waals surface area contributed by atoms with Crippen molar-refractivity contribution in [3.63, 3.8) is 0 Å². The highest BCUT2D eigenvalue weighted by molar-refractivity contribution is 7.26. The van der Waals surface area contributed by atoms with Crippen molar-refractivity contribution in [1.29, 1.82) is 0 Å². The first-order valence-corrected chi connectivity index (χ1v) is 16.7. The van der Waals surface area contributed by atoms with E-state index in [0.29, 0.717) is 0 Å². The molecule has 0 fully saturated rings. The molecule has 5 aromatic heterocycles. The largest absolute Gasteiger partial charge is 0.457 e. The minimum Gasteiger partial charge on any atom is -0.457 e. The molecule has 11 rings (SSSR count). The van der Waals surface area contributed by atoms with E-state index in [9.17, 15) is 0 Å². The molecule has 0 aliphatic carbocycles. The molecule has 6 heterocycles. The van der Waals surface area contributed by atoms with E-state index in [0.717, 1.165) is 33.9 Å². The third-order valence-corrected chi connectivity index (χ3v) is 11.4. The number of ether oxygens (including phenoxy) is 1. The summed E-state index contributed by atoms with van der Waals surface area (Å²) < 4.78 is 13.8. The van der Waals surface area contributed by atoms with Crippen molar-refractivity contribution in [3.05, 3.63) is 133 Å². The summed E-state index contributed by atoms with van der Waals surface area (Å²) in [6.45, 7) is 4.59. The van der Waals surface area contributed by atoms with Gasteiger partial charge in [0.25, 0.3) is 0 Å². The summed E-state index contributed by atoms with van der Waals surface area (Å²) in [5.74, 6) is 2.55. The Kier molecular flexibility index (Phi) is 4.74. The molecule has 5 aromatic carbocycles. The van der Waals surface area contributed by atoms with Crippen molar-refractivity contribution in [1.82, 2.24) is 18.9 Å². The minimum absolute atomic E-state index is 0.150. The predicted octanol–water partition coefficient (Wildman–Crippen LogP) is 10.9. The predicted molar refractivity (Wildman–Crippen MR) is 194 cm³/mol. The summed E-state index contributed by atoms with van der Waals surface area (Å²) in [5.41, 5.74) is 6.83. The molecule has 0 N–H and O–H groups in total. The first kappa shape index (κ1) is 25.5. The standard InChI is InChI=1S/C41H26N4OS/c1-41(2)31-9-5-8-27-26-15-13-24(22-33(26)45(37(27)31)40-32(41)10-6-18-42-40)46-23-12-14-25-28-16-17-35-36(29-7-3-4-11-34(29)47-35)38(28)44-20-19-43-39(44)30(25)21-23/h3-22H,1-2H3. The van der Waals surface area contributed by atoms with Crippen LogP contribution in [-0.2, 0) is 5.41 Å². The maximum Gasteiger partial charge on any atom is 0.145 e. The van der Waals surface area contributed by atoms with Gasteiger partial charge in [0.2, 0.25) is 0 Å². The molecular weight excluding hydrogens is 597 g/mol. The fraction of sp³-hybridized carbons (Fsp3) is 0.0732. The number of rotatable bonds is 2. The number of fused-ring (bicyclic) bond motifs is 15. The third kappa shape index (κ3) is 3.23. The van der Waals surface area contributed by atoms with E-state index in [-0.39, 0.29) is 5.41 Å². The number of hydrogen-bond acceptors (Lipinski definition) is 4. The highest BCUT2D eigenvalue weighted by Gasteiger charge is 2.35. The Morgan fingerprint density at radius 1 is 0.617 bits per heavy atom. The lowest BCUT2D eigenvalue weighted by atomic mass is 9.76. The van der Waals surface area contributed by atoms with Crippen LogP contribution in [0.25, 0.3) is 75.1 Å². The van der Waals surface area contributed by atoms with Crippen LogP contribution >= 0.6 is 11.3 Å². The number of pyridine rings is 2. The zero-order chi connectivity index (χ0) is 31.0. The first-order chi connectivity index (χ1) is 23.1. The van der Waals surface area contributed by atoms with Crippen molar-refractivity contribution < 1.29 is 4.74 Å². The van der Waals surface area contributed by atoms with Gasteiger partial charge in [-0.05, 0) is 59.5 Å². The number of nitrogens with zero attached hydrogens (tertiary/aromatic N) is 4. The molecule has 0 bridgehead atoms. The van der Waals surface area contributed by atoms with Gasteiger partial charge in [-0.1, -0.05) is 62.4 Å². The SMILES string of the molecule is CC1(C)c2cccnc2-n2c3cc(Oc4ccc5c(c4)c4nccn4c4c5ccc5sc6ccccc6c54)ccc3c3cccc1c32. The molecule has 0 saturated carbocycles. The van der Waals surface area contributed by atoms with Gasteiger partial charge in [-0.3, -0.25) is 8.97 Å². The zero-order valence-corrected chi connectivity index (χ0v) is 26.5. The summed E-state index contributed by atoms with van der Waals surface area (Å²) >= 11 is 1.84.